The number of ketones is 1. The summed E-state index contributed by atoms with van der Waals surface area (Å²) in [6.07, 6.45) is 3.74. The molecule has 12 nitrogen and oxygen atoms in total. The van der Waals surface area contributed by atoms with Crippen LogP contribution in [0.15, 0.2) is 60.7 Å². The van der Waals surface area contributed by atoms with Crippen LogP contribution in [-0.4, -0.2) is 115 Å². The van der Waals surface area contributed by atoms with Crippen molar-refractivity contribution in [2.75, 3.05) is 46.4 Å². The van der Waals surface area contributed by atoms with Crippen LogP contribution in [0.5, 0.6) is 0 Å². The van der Waals surface area contributed by atoms with Crippen molar-refractivity contribution >= 4 is 29.4 Å². The normalized spacial score (nSPS) is 19.4. The molecule has 2 heterocycles. The molecule has 0 aliphatic carbocycles. The first-order valence-corrected chi connectivity index (χ1v) is 20.6. The maximum absolute atomic E-state index is 14.1. The van der Waals surface area contributed by atoms with E-state index in [1.165, 1.54) is 0 Å². The number of epoxide rings is 1. The molecule has 0 unspecified atom stereocenters. The van der Waals surface area contributed by atoms with Gasteiger partial charge < -0.3 is 35.8 Å². The van der Waals surface area contributed by atoms with Crippen molar-refractivity contribution in [2.45, 2.75) is 116 Å². The Hall–Kier alpha value is -4.13. The first-order valence-electron chi connectivity index (χ1n) is 20.6. The summed E-state index contributed by atoms with van der Waals surface area (Å²) >= 11 is 0. The Morgan fingerprint density at radius 1 is 0.679 bits per heavy atom. The summed E-state index contributed by atoms with van der Waals surface area (Å²) in [6, 6.07) is 15.5. The average Bonchev–Trinajstić information content (AvgIpc) is 3.93. The van der Waals surface area contributed by atoms with Gasteiger partial charge in [-0.05, 0) is 82.0 Å². The number of amides is 4. The third kappa shape index (κ3) is 15.1. The largest absolute Gasteiger partial charge is 0.361 e. The maximum Gasteiger partial charge on any atom is 0.243 e. The van der Waals surface area contributed by atoms with Gasteiger partial charge in [0.1, 0.15) is 23.7 Å². The van der Waals surface area contributed by atoms with E-state index in [4.69, 9.17) is 4.74 Å². The summed E-state index contributed by atoms with van der Waals surface area (Å²) in [5, 5.41) is 11.8. The van der Waals surface area contributed by atoms with Gasteiger partial charge >= 0.3 is 0 Å². The second-order valence-electron chi connectivity index (χ2n) is 16.8. The van der Waals surface area contributed by atoms with Crippen LogP contribution < -0.4 is 21.3 Å². The van der Waals surface area contributed by atoms with Crippen LogP contribution in [0.25, 0.3) is 0 Å². The van der Waals surface area contributed by atoms with Gasteiger partial charge in [0.15, 0.2) is 5.78 Å². The van der Waals surface area contributed by atoms with Crippen molar-refractivity contribution in [1.29, 1.82) is 0 Å². The third-order valence-electron chi connectivity index (χ3n) is 10.6. The number of carbonyl (C=O) groups excluding carboxylic acids is 5. The SMILES string of the molecule is CC(C)C[C@H](NC(=O)[C@H](CCc1ccccc1)NC(=O)CCCCN1CCN(C)CC1)C(=O)N[C@@H](Cc1ccccc1)C(=O)N[C@@H](CC(C)C)C(=O)[C@]1(C)CO1. The van der Waals surface area contributed by atoms with Crippen molar-refractivity contribution in [3.63, 3.8) is 0 Å². The molecule has 0 radical (unpaired) electrons. The van der Waals surface area contributed by atoms with Crippen molar-refractivity contribution < 1.29 is 28.7 Å². The van der Waals surface area contributed by atoms with E-state index in [1.54, 1.807) is 6.92 Å². The Balaban J connectivity index is 1.45. The minimum atomic E-state index is -1.02. The molecule has 5 atom stereocenters. The highest BCUT2D eigenvalue weighted by Crippen LogP contribution is 2.29. The van der Waals surface area contributed by atoms with Gasteiger partial charge in [-0.1, -0.05) is 88.4 Å². The lowest BCUT2D eigenvalue weighted by Crippen LogP contribution is -2.59. The average molecular weight is 775 g/mol. The molecular weight excluding hydrogens is 709 g/mol. The topological polar surface area (TPSA) is 152 Å². The van der Waals surface area contributed by atoms with Crippen molar-refractivity contribution in [3.8, 4) is 0 Å². The number of aryl methyl sites for hydroxylation is 1. The molecule has 2 fully saturated rings. The molecule has 0 aromatic heterocycles. The quantitative estimate of drug-likeness (QED) is 0.0987. The molecule has 2 aliphatic heterocycles. The zero-order valence-electron chi connectivity index (χ0n) is 34.5. The Kier molecular flexibility index (Phi) is 17.5. The van der Waals surface area contributed by atoms with E-state index in [-0.39, 0.29) is 29.9 Å². The number of nitrogens with zero attached hydrogens (tertiary/aromatic N) is 2. The van der Waals surface area contributed by atoms with Crippen LogP contribution in [-0.2, 0) is 41.6 Å². The van der Waals surface area contributed by atoms with Gasteiger partial charge in [0.2, 0.25) is 23.6 Å². The summed E-state index contributed by atoms with van der Waals surface area (Å²) in [7, 11) is 2.13. The number of hydrogen-bond acceptors (Lipinski definition) is 8. The van der Waals surface area contributed by atoms with Gasteiger partial charge in [-0.15, -0.1) is 0 Å². The Labute approximate surface area is 334 Å². The first-order chi connectivity index (χ1) is 26.7. The van der Waals surface area contributed by atoms with Gasteiger partial charge in [-0.3, -0.25) is 24.0 Å². The molecule has 0 saturated carbocycles. The van der Waals surface area contributed by atoms with Crippen LogP contribution in [0.2, 0.25) is 0 Å². The number of ether oxygens (including phenoxy) is 1. The summed E-state index contributed by atoms with van der Waals surface area (Å²) in [5.74, 6) is -1.68. The zero-order valence-corrected chi connectivity index (χ0v) is 34.5. The second kappa shape index (κ2) is 22.0. The molecule has 4 N–H and O–H groups in total. The summed E-state index contributed by atoms with van der Waals surface area (Å²) in [5.41, 5.74) is 0.942. The fourth-order valence-electron chi connectivity index (χ4n) is 7.08. The van der Waals surface area contributed by atoms with E-state index in [9.17, 15) is 24.0 Å². The lowest BCUT2D eigenvalue weighted by molar-refractivity contribution is -0.135. The molecule has 56 heavy (non-hydrogen) atoms. The van der Waals surface area contributed by atoms with Gasteiger partial charge in [0.05, 0.1) is 12.6 Å². The van der Waals surface area contributed by atoms with Gasteiger partial charge in [0, 0.05) is 39.0 Å². The van der Waals surface area contributed by atoms with Crippen molar-refractivity contribution in [1.82, 2.24) is 31.1 Å². The molecule has 4 amide bonds. The summed E-state index contributed by atoms with van der Waals surface area (Å²) in [6.45, 7) is 15.0. The number of carbonyl (C=O) groups is 5. The van der Waals surface area contributed by atoms with Crippen LogP contribution in [0, 0.1) is 11.8 Å². The molecular formula is C44H66N6O6. The van der Waals surface area contributed by atoms with E-state index in [0.29, 0.717) is 45.1 Å². The fraction of sp³-hybridized carbons (Fsp3) is 0.614. The van der Waals surface area contributed by atoms with Crippen LogP contribution in [0.3, 0.4) is 0 Å². The lowest BCUT2D eigenvalue weighted by Gasteiger charge is -2.32. The number of likely N-dealkylation sites (N-methyl/N-ethyl adjacent to an activating group) is 1. The minimum absolute atomic E-state index is 0.0254. The predicted octanol–water partition coefficient (Wildman–Crippen LogP) is 3.67. The second-order valence-corrected chi connectivity index (χ2v) is 16.8. The standard InChI is InChI=1S/C44H66N6O6/c1-31(2)27-36(40(52)44(5)30-56-44)46-43(55)38(29-34-17-11-8-12-18-34)48-42(54)37(28-32(3)4)47-41(53)35(21-20-33-15-9-7-10-16-33)45-39(51)19-13-14-22-50-25-23-49(6)24-26-50/h7-12,15-18,31-32,35-38H,13-14,19-30H2,1-6H3,(H,45,51)(H,46,55)(H,47,53)(H,48,54)/t35-,36-,37-,38-,44-/m0/s1. The van der Waals surface area contributed by atoms with Crippen LogP contribution >= 0.6 is 0 Å². The first kappa shape index (κ1) is 44.6. The van der Waals surface area contributed by atoms with E-state index in [0.717, 1.165) is 50.3 Å². The summed E-state index contributed by atoms with van der Waals surface area (Å²) < 4.78 is 5.42. The maximum atomic E-state index is 14.1. The number of unbranched alkanes of at least 4 members (excludes halogenated alkanes) is 1. The molecule has 2 aromatic carbocycles. The highest BCUT2D eigenvalue weighted by Gasteiger charge is 2.50. The highest BCUT2D eigenvalue weighted by atomic mass is 16.6. The molecule has 4 rings (SSSR count). The lowest BCUT2D eigenvalue weighted by atomic mass is 9.93. The molecule has 12 heteroatoms. The van der Waals surface area contributed by atoms with E-state index in [2.05, 4.69) is 38.1 Å². The van der Waals surface area contributed by atoms with Crippen LogP contribution in [0.4, 0.5) is 0 Å². The number of rotatable bonds is 23. The zero-order chi connectivity index (χ0) is 40.7. The summed E-state index contributed by atoms with van der Waals surface area (Å²) in [4.78, 5) is 73.6. The van der Waals surface area contributed by atoms with E-state index in [1.807, 2.05) is 88.4 Å². The number of nitrogens with one attached hydrogen (secondary N) is 4. The minimum Gasteiger partial charge on any atom is -0.361 e. The predicted molar refractivity (Wildman–Crippen MR) is 219 cm³/mol. The van der Waals surface area contributed by atoms with Gasteiger partial charge in [0.25, 0.3) is 0 Å². The molecule has 0 spiro atoms. The molecule has 308 valence electrons. The Bertz CT molecular complexity index is 1560. The molecule has 2 aliphatic rings. The van der Waals surface area contributed by atoms with E-state index < -0.39 is 47.5 Å². The highest BCUT2D eigenvalue weighted by molar-refractivity contribution is 5.98. The van der Waals surface area contributed by atoms with Crippen molar-refractivity contribution in [3.05, 3.63) is 71.8 Å². The molecule has 2 aromatic rings. The Morgan fingerprint density at radius 2 is 1.20 bits per heavy atom. The Morgan fingerprint density at radius 3 is 1.79 bits per heavy atom. The van der Waals surface area contributed by atoms with Gasteiger partial charge in [-0.2, -0.15) is 0 Å². The van der Waals surface area contributed by atoms with Gasteiger partial charge in [-0.25, -0.2) is 0 Å². The van der Waals surface area contributed by atoms with Crippen molar-refractivity contribution in [2.24, 2.45) is 11.8 Å². The fourth-order valence-corrected chi connectivity index (χ4v) is 7.08. The smallest absolute Gasteiger partial charge is 0.243 e. The van der Waals surface area contributed by atoms with Crippen LogP contribution in [0.1, 0.15) is 84.3 Å². The number of benzene rings is 2. The third-order valence-corrected chi connectivity index (χ3v) is 10.6. The monoisotopic (exact) mass is 775 g/mol. The number of hydrogen-bond donors (Lipinski definition) is 4. The number of Topliss-reactive ketones (excluding diaryl/α,β-unsaturated/α-hetero) is 1. The molecule has 2 saturated heterocycles. The molecule has 0 bridgehead atoms. The number of piperazine rings is 1. The van der Waals surface area contributed by atoms with E-state index >= 15 is 0 Å².